The highest BCUT2D eigenvalue weighted by Crippen LogP contribution is 2.23. The molecule has 0 heterocycles. The van der Waals surface area contributed by atoms with Crippen LogP contribution < -0.4 is 0 Å². The second kappa shape index (κ2) is 8.19. The van der Waals surface area contributed by atoms with E-state index in [1.54, 1.807) is 12.1 Å². The molecule has 0 unspecified atom stereocenters. The van der Waals surface area contributed by atoms with Gasteiger partial charge >= 0.3 is 5.97 Å². The Morgan fingerprint density at radius 1 is 0.952 bits per heavy atom. The van der Waals surface area contributed by atoms with Crippen molar-refractivity contribution in [2.45, 2.75) is 6.92 Å². The first-order valence-corrected chi connectivity index (χ1v) is 6.89. The molecule has 4 heteroatoms. The SMILES string of the molecule is CCOCCOOC(=O)c1ccccc1-c1ccccc1. The van der Waals surface area contributed by atoms with E-state index in [4.69, 9.17) is 14.5 Å². The van der Waals surface area contributed by atoms with Gasteiger partial charge in [0.15, 0.2) is 0 Å². The van der Waals surface area contributed by atoms with Crippen LogP contribution in [0.2, 0.25) is 0 Å². The second-order valence-electron chi connectivity index (χ2n) is 4.30. The van der Waals surface area contributed by atoms with Crippen LogP contribution >= 0.6 is 0 Å². The molecule has 4 nitrogen and oxygen atoms in total. The minimum Gasteiger partial charge on any atom is -0.379 e. The van der Waals surface area contributed by atoms with Crippen molar-refractivity contribution < 1.29 is 19.3 Å². The van der Waals surface area contributed by atoms with Crippen molar-refractivity contribution in [3.63, 3.8) is 0 Å². The number of hydrogen-bond donors (Lipinski definition) is 0. The maximum absolute atomic E-state index is 12.1. The Bertz CT molecular complexity index is 566. The zero-order valence-electron chi connectivity index (χ0n) is 12.0. The average Bonchev–Trinajstić information content (AvgIpc) is 2.55. The van der Waals surface area contributed by atoms with Gasteiger partial charge in [0.2, 0.25) is 0 Å². The highest BCUT2D eigenvalue weighted by Gasteiger charge is 2.14. The molecule has 0 N–H and O–H groups in total. The van der Waals surface area contributed by atoms with Gasteiger partial charge in [0, 0.05) is 6.61 Å². The average molecular weight is 286 g/mol. The second-order valence-corrected chi connectivity index (χ2v) is 4.30. The Hall–Kier alpha value is -2.17. The monoisotopic (exact) mass is 286 g/mol. The van der Waals surface area contributed by atoms with Crippen LogP contribution in [-0.4, -0.2) is 25.8 Å². The Morgan fingerprint density at radius 3 is 2.43 bits per heavy atom. The first-order valence-electron chi connectivity index (χ1n) is 6.89. The Kier molecular flexibility index (Phi) is 5.94. The Morgan fingerprint density at radius 2 is 1.67 bits per heavy atom. The molecule has 0 amide bonds. The summed E-state index contributed by atoms with van der Waals surface area (Å²) in [6.07, 6.45) is 0. The van der Waals surface area contributed by atoms with E-state index in [-0.39, 0.29) is 6.61 Å². The van der Waals surface area contributed by atoms with E-state index in [1.807, 2.05) is 49.4 Å². The standard InChI is InChI=1S/C17H18O4/c1-2-19-12-13-20-21-17(18)16-11-7-6-10-15(16)14-8-4-3-5-9-14/h3-11H,2,12-13H2,1H3. The lowest BCUT2D eigenvalue weighted by atomic mass is 10.00. The lowest BCUT2D eigenvalue weighted by molar-refractivity contribution is -0.246. The fourth-order valence-corrected chi connectivity index (χ4v) is 1.91. The predicted octanol–water partition coefficient (Wildman–Crippen LogP) is 3.48. The van der Waals surface area contributed by atoms with Crippen LogP contribution in [0.25, 0.3) is 11.1 Å². The van der Waals surface area contributed by atoms with Gasteiger partial charge in [0.25, 0.3) is 0 Å². The highest BCUT2D eigenvalue weighted by molar-refractivity contribution is 5.96. The number of carbonyl (C=O) groups excluding carboxylic acids is 1. The fourth-order valence-electron chi connectivity index (χ4n) is 1.91. The summed E-state index contributed by atoms with van der Waals surface area (Å²) in [5.74, 6) is -0.508. The van der Waals surface area contributed by atoms with Crippen LogP contribution in [0.3, 0.4) is 0 Å². The van der Waals surface area contributed by atoms with E-state index in [0.29, 0.717) is 18.8 Å². The summed E-state index contributed by atoms with van der Waals surface area (Å²) in [4.78, 5) is 21.8. The number of hydrogen-bond acceptors (Lipinski definition) is 4. The number of ether oxygens (including phenoxy) is 1. The third-order valence-corrected chi connectivity index (χ3v) is 2.88. The normalized spacial score (nSPS) is 10.3. The van der Waals surface area contributed by atoms with Gasteiger partial charge in [-0.25, -0.2) is 4.79 Å². The summed E-state index contributed by atoms with van der Waals surface area (Å²) in [6, 6.07) is 17.0. The quantitative estimate of drug-likeness (QED) is 0.444. The zero-order chi connectivity index (χ0) is 14.9. The molecule has 0 aliphatic rings. The van der Waals surface area contributed by atoms with E-state index >= 15 is 0 Å². The molecule has 0 aromatic heterocycles. The molecule has 0 saturated heterocycles. The Balaban J connectivity index is 2.04. The summed E-state index contributed by atoms with van der Waals surface area (Å²) < 4.78 is 5.10. The topological polar surface area (TPSA) is 44.8 Å². The third kappa shape index (κ3) is 4.41. The maximum atomic E-state index is 12.1. The van der Waals surface area contributed by atoms with E-state index < -0.39 is 5.97 Å². The van der Waals surface area contributed by atoms with E-state index in [2.05, 4.69) is 0 Å². The molecule has 2 aromatic carbocycles. The summed E-state index contributed by atoms with van der Waals surface area (Å²) in [6.45, 7) is 3.10. The first kappa shape index (κ1) is 15.2. The lowest BCUT2D eigenvalue weighted by Crippen LogP contribution is -2.11. The minimum absolute atomic E-state index is 0.215. The van der Waals surface area contributed by atoms with Gasteiger partial charge < -0.3 is 4.74 Å². The van der Waals surface area contributed by atoms with Gasteiger partial charge in [-0.15, -0.1) is 0 Å². The van der Waals surface area contributed by atoms with Crippen molar-refractivity contribution in [1.29, 1.82) is 0 Å². The van der Waals surface area contributed by atoms with Crippen LogP contribution in [0, 0.1) is 0 Å². The van der Waals surface area contributed by atoms with Crippen molar-refractivity contribution in [2.24, 2.45) is 0 Å². The van der Waals surface area contributed by atoms with Crippen molar-refractivity contribution in [3.8, 4) is 11.1 Å². The van der Waals surface area contributed by atoms with Crippen molar-refractivity contribution in [1.82, 2.24) is 0 Å². The molecule has 0 aliphatic heterocycles. The van der Waals surface area contributed by atoms with Crippen molar-refractivity contribution >= 4 is 5.97 Å². The van der Waals surface area contributed by atoms with Crippen LogP contribution in [0.4, 0.5) is 0 Å². The molecule has 0 radical (unpaired) electrons. The molecule has 0 spiro atoms. The molecular formula is C17H18O4. The molecule has 2 aromatic rings. The molecule has 0 bridgehead atoms. The summed E-state index contributed by atoms with van der Waals surface area (Å²) in [7, 11) is 0. The summed E-state index contributed by atoms with van der Waals surface area (Å²) >= 11 is 0. The van der Waals surface area contributed by atoms with Crippen LogP contribution in [0.1, 0.15) is 17.3 Å². The molecular weight excluding hydrogens is 268 g/mol. The van der Waals surface area contributed by atoms with Crippen LogP contribution in [0.5, 0.6) is 0 Å². The number of carbonyl (C=O) groups is 1. The van der Waals surface area contributed by atoms with Gasteiger partial charge in [-0.3, -0.25) is 4.89 Å². The van der Waals surface area contributed by atoms with Gasteiger partial charge in [-0.1, -0.05) is 48.5 Å². The summed E-state index contributed by atoms with van der Waals surface area (Å²) in [5.41, 5.74) is 2.25. The van der Waals surface area contributed by atoms with Gasteiger partial charge in [0.05, 0.1) is 12.2 Å². The van der Waals surface area contributed by atoms with Crippen LogP contribution in [0.15, 0.2) is 54.6 Å². The zero-order valence-corrected chi connectivity index (χ0v) is 12.0. The largest absolute Gasteiger partial charge is 0.379 e. The Labute approximate surface area is 124 Å². The molecule has 110 valence electrons. The predicted molar refractivity (Wildman–Crippen MR) is 79.7 cm³/mol. The van der Waals surface area contributed by atoms with Gasteiger partial charge in [-0.05, 0) is 24.1 Å². The summed E-state index contributed by atoms with van der Waals surface area (Å²) in [5, 5.41) is 0. The molecule has 0 atom stereocenters. The lowest BCUT2D eigenvalue weighted by Gasteiger charge is -2.08. The van der Waals surface area contributed by atoms with Gasteiger partial charge in [-0.2, -0.15) is 4.89 Å². The van der Waals surface area contributed by atoms with E-state index in [1.165, 1.54) is 0 Å². The maximum Gasteiger partial charge on any atom is 0.373 e. The molecule has 0 saturated carbocycles. The molecule has 21 heavy (non-hydrogen) atoms. The van der Waals surface area contributed by atoms with Crippen molar-refractivity contribution in [3.05, 3.63) is 60.2 Å². The smallest absolute Gasteiger partial charge is 0.373 e. The van der Waals surface area contributed by atoms with Crippen molar-refractivity contribution in [2.75, 3.05) is 19.8 Å². The molecule has 0 fully saturated rings. The van der Waals surface area contributed by atoms with E-state index in [9.17, 15) is 4.79 Å². The minimum atomic E-state index is -0.508. The fraction of sp³-hybridized carbons (Fsp3) is 0.235. The molecule has 0 aliphatic carbocycles. The van der Waals surface area contributed by atoms with E-state index in [0.717, 1.165) is 11.1 Å². The van der Waals surface area contributed by atoms with Gasteiger partial charge in [0.1, 0.15) is 6.61 Å². The number of rotatable bonds is 7. The number of benzene rings is 2. The highest BCUT2D eigenvalue weighted by atomic mass is 17.2. The molecule has 2 rings (SSSR count). The van der Waals surface area contributed by atoms with Crippen LogP contribution in [-0.2, 0) is 14.5 Å². The first-order chi connectivity index (χ1) is 10.3. The third-order valence-electron chi connectivity index (χ3n) is 2.88.